The molecule has 1 N–H and O–H groups in total. The van der Waals surface area contributed by atoms with Gasteiger partial charge in [0.1, 0.15) is 5.75 Å². The van der Waals surface area contributed by atoms with Gasteiger partial charge in [-0.1, -0.05) is 41.5 Å². The van der Waals surface area contributed by atoms with Gasteiger partial charge >= 0.3 is 0 Å². The van der Waals surface area contributed by atoms with Gasteiger partial charge in [-0.25, -0.2) is 0 Å². The number of phenols is 1. The molecule has 0 spiro atoms. The monoisotopic (exact) mass is 233 g/mol. The van der Waals surface area contributed by atoms with E-state index in [1.54, 1.807) is 0 Å². The first-order valence-corrected chi connectivity index (χ1v) is 6.23. The Labute approximate surface area is 106 Å². The summed E-state index contributed by atoms with van der Waals surface area (Å²) in [6.45, 7) is 17.1. The molecule has 1 heteroatoms. The highest BCUT2D eigenvalue weighted by atomic mass is 16.3. The third-order valence-electron chi connectivity index (χ3n) is 3.10. The zero-order valence-corrected chi connectivity index (χ0v) is 12.0. The smallest absolute Gasteiger partial charge is 0.116 e. The summed E-state index contributed by atoms with van der Waals surface area (Å²) in [7, 11) is 0. The van der Waals surface area contributed by atoms with Crippen molar-refractivity contribution in [1.82, 2.24) is 0 Å². The Balaban J connectivity index is 3.58. The molecule has 0 aliphatic rings. The topological polar surface area (TPSA) is 20.2 Å². The molecule has 0 amide bonds. The van der Waals surface area contributed by atoms with E-state index in [0.717, 1.165) is 6.42 Å². The lowest BCUT2D eigenvalue weighted by Gasteiger charge is -2.30. The maximum absolute atomic E-state index is 9.92. The molecule has 1 radical (unpaired) electrons. The largest absolute Gasteiger partial charge is 0.508 e. The van der Waals surface area contributed by atoms with Gasteiger partial charge in [-0.05, 0) is 53.0 Å². The van der Waals surface area contributed by atoms with Crippen molar-refractivity contribution in [2.75, 3.05) is 0 Å². The van der Waals surface area contributed by atoms with Crippen molar-refractivity contribution >= 4 is 0 Å². The summed E-state index contributed by atoms with van der Waals surface area (Å²) in [5.41, 5.74) is 3.76. The fraction of sp³-hybridized carbons (Fsp3) is 0.562. The summed E-state index contributed by atoms with van der Waals surface area (Å²) in [5.74, 6) is 0.358. The fourth-order valence-corrected chi connectivity index (χ4v) is 2.26. The Morgan fingerprint density at radius 2 is 1.29 bits per heavy atom. The van der Waals surface area contributed by atoms with Gasteiger partial charge in [0.2, 0.25) is 0 Å². The van der Waals surface area contributed by atoms with Gasteiger partial charge in [-0.2, -0.15) is 0 Å². The number of benzene rings is 1. The molecule has 1 rings (SSSR count). The van der Waals surface area contributed by atoms with Crippen LogP contribution in [-0.2, 0) is 17.3 Å². The minimum atomic E-state index is 0.0335. The normalized spacial score (nSPS) is 12.9. The summed E-state index contributed by atoms with van der Waals surface area (Å²) < 4.78 is 0. The van der Waals surface area contributed by atoms with Crippen LogP contribution in [0.3, 0.4) is 0 Å². The van der Waals surface area contributed by atoms with Gasteiger partial charge < -0.3 is 5.11 Å². The van der Waals surface area contributed by atoms with Crippen molar-refractivity contribution in [1.29, 1.82) is 0 Å². The fourth-order valence-electron chi connectivity index (χ4n) is 2.26. The van der Waals surface area contributed by atoms with Gasteiger partial charge in [0.25, 0.3) is 0 Å². The predicted molar refractivity (Wildman–Crippen MR) is 74.6 cm³/mol. The Morgan fingerprint density at radius 3 is 1.53 bits per heavy atom. The second-order valence-electron chi connectivity index (χ2n) is 6.77. The third-order valence-corrected chi connectivity index (χ3v) is 3.10. The molecule has 1 aromatic rings. The second kappa shape index (κ2) is 4.36. The highest BCUT2D eigenvalue weighted by Gasteiger charge is 2.25. The van der Waals surface area contributed by atoms with Gasteiger partial charge in [0, 0.05) is 0 Å². The van der Waals surface area contributed by atoms with E-state index in [0.29, 0.717) is 5.75 Å². The van der Waals surface area contributed by atoms with Crippen LogP contribution in [0.2, 0.25) is 0 Å². The lowest BCUT2D eigenvalue weighted by Crippen LogP contribution is -2.20. The minimum absolute atomic E-state index is 0.0335. The number of aromatic hydroxyl groups is 1. The average Bonchev–Trinajstić information content (AvgIpc) is 2.13. The highest BCUT2D eigenvalue weighted by molar-refractivity contribution is 5.48. The van der Waals surface area contributed by atoms with E-state index in [9.17, 15) is 5.11 Å². The number of rotatable bonds is 1. The Kier molecular flexibility index (Phi) is 3.61. The maximum Gasteiger partial charge on any atom is 0.116 e. The van der Waals surface area contributed by atoms with Crippen LogP contribution >= 0.6 is 0 Å². The molecule has 0 bridgehead atoms. The molecule has 0 aliphatic carbocycles. The van der Waals surface area contributed by atoms with Crippen LogP contribution in [0, 0.1) is 6.92 Å². The molecule has 0 saturated heterocycles. The highest BCUT2D eigenvalue weighted by Crippen LogP contribution is 2.37. The van der Waals surface area contributed by atoms with Gasteiger partial charge in [0.05, 0.1) is 0 Å². The van der Waals surface area contributed by atoms with E-state index in [1.807, 2.05) is 12.1 Å². The first-order chi connectivity index (χ1) is 7.57. The van der Waals surface area contributed by atoms with E-state index in [-0.39, 0.29) is 10.8 Å². The lowest BCUT2D eigenvalue weighted by molar-refractivity contribution is 0.464. The first-order valence-electron chi connectivity index (χ1n) is 6.23. The summed E-state index contributed by atoms with van der Waals surface area (Å²) in [4.78, 5) is 0. The molecule has 0 unspecified atom stereocenters. The first kappa shape index (κ1) is 14.1. The van der Waals surface area contributed by atoms with E-state index >= 15 is 0 Å². The van der Waals surface area contributed by atoms with E-state index in [4.69, 9.17) is 0 Å². The molecule has 1 aromatic carbocycles. The zero-order chi connectivity index (χ0) is 13.4. The Bertz CT molecular complexity index is 368. The maximum atomic E-state index is 9.92. The van der Waals surface area contributed by atoms with Crippen LogP contribution in [0.5, 0.6) is 5.75 Å². The molecule has 1 nitrogen and oxygen atoms in total. The molecule has 95 valence electrons. The molecule has 0 heterocycles. The molecule has 0 aliphatic heterocycles. The standard InChI is InChI=1S/C16H25O/c1-8-12-13(15(2,3)4)9-11(17)10-14(12)16(5,6)7/h9-10,17H,1,8H2,2-7H3. The average molecular weight is 233 g/mol. The summed E-state index contributed by atoms with van der Waals surface area (Å²) >= 11 is 0. The van der Waals surface area contributed by atoms with Gasteiger partial charge in [-0.3, -0.25) is 0 Å². The van der Waals surface area contributed by atoms with Crippen molar-refractivity contribution in [3.8, 4) is 5.75 Å². The molecule has 17 heavy (non-hydrogen) atoms. The Hall–Kier alpha value is -0.980. The van der Waals surface area contributed by atoms with E-state index < -0.39 is 0 Å². The molecule has 0 aromatic heterocycles. The zero-order valence-electron chi connectivity index (χ0n) is 12.0. The summed E-state index contributed by atoms with van der Waals surface area (Å²) in [6, 6.07) is 3.77. The molecule has 0 saturated carbocycles. The van der Waals surface area contributed by atoms with Crippen molar-refractivity contribution in [3.63, 3.8) is 0 Å². The number of phenolic OH excluding ortho intramolecular Hbond substituents is 1. The summed E-state index contributed by atoms with van der Waals surface area (Å²) in [5, 5.41) is 9.92. The van der Waals surface area contributed by atoms with Crippen molar-refractivity contribution in [2.45, 2.75) is 58.8 Å². The van der Waals surface area contributed by atoms with Crippen LogP contribution < -0.4 is 0 Å². The van der Waals surface area contributed by atoms with Gasteiger partial charge in [0.15, 0.2) is 0 Å². The van der Waals surface area contributed by atoms with Crippen LogP contribution in [0.1, 0.15) is 58.2 Å². The van der Waals surface area contributed by atoms with Crippen LogP contribution in [0.4, 0.5) is 0 Å². The molecule has 0 fully saturated rings. The quantitative estimate of drug-likeness (QED) is 0.764. The van der Waals surface area contributed by atoms with Crippen LogP contribution in [0.15, 0.2) is 12.1 Å². The second-order valence-corrected chi connectivity index (χ2v) is 6.77. The van der Waals surface area contributed by atoms with Crippen molar-refractivity contribution in [2.24, 2.45) is 0 Å². The van der Waals surface area contributed by atoms with Crippen LogP contribution in [-0.4, -0.2) is 5.11 Å². The minimum Gasteiger partial charge on any atom is -0.508 e. The molecule has 0 atom stereocenters. The Morgan fingerprint density at radius 1 is 0.941 bits per heavy atom. The third kappa shape index (κ3) is 3.02. The van der Waals surface area contributed by atoms with Crippen molar-refractivity contribution < 1.29 is 5.11 Å². The SMILES string of the molecule is [CH2]Cc1c(C(C)(C)C)cc(O)cc1C(C)(C)C. The van der Waals surface area contributed by atoms with Gasteiger partial charge in [-0.15, -0.1) is 0 Å². The molecular weight excluding hydrogens is 208 g/mol. The van der Waals surface area contributed by atoms with E-state index in [1.165, 1.54) is 16.7 Å². The lowest BCUT2D eigenvalue weighted by atomic mass is 9.75. The summed E-state index contributed by atoms with van der Waals surface area (Å²) in [6.07, 6.45) is 0.763. The van der Waals surface area contributed by atoms with Crippen molar-refractivity contribution in [3.05, 3.63) is 35.7 Å². The number of hydrogen-bond donors (Lipinski definition) is 1. The van der Waals surface area contributed by atoms with E-state index in [2.05, 4.69) is 48.5 Å². The van der Waals surface area contributed by atoms with Crippen LogP contribution in [0.25, 0.3) is 0 Å². The molecular formula is C16H25O. The predicted octanol–water partition coefficient (Wildman–Crippen LogP) is 4.36. The number of hydrogen-bond acceptors (Lipinski definition) is 1.